The maximum Gasteiger partial charge on any atom is 0.338 e. The molecule has 0 spiro atoms. The van der Waals surface area contributed by atoms with Crippen molar-refractivity contribution >= 4 is 18.3 Å². The number of aromatic nitrogens is 1. The van der Waals surface area contributed by atoms with E-state index >= 15 is 0 Å². The number of H-pyrrole nitrogens is 1. The van der Waals surface area contributed by atoms with Crippen molar-refractivity contribution in [3.63, 3.8) is 0 Å². The molecule has 2 unspecified atom stereocenters. The highest BCUT2D eigenvalue weighted by atomic mass is 16.5. The molecule has 5 heteroatoms. The number of esters is 1. The summed E-state index contributed by atoms with van der Waals surface area (Å²) in [6.45, 7) is 7.89. The van der Waals surface area contributed by atoms with Gasteiger partial charge in [-0.05, 0) is 69.5 Å². The van der Waals surface area contributed by atoms with Gasteiger partial charge in [-0.3, -0.25) is 9.79 Å². The molecular formula is C28H30N2O3. The molecule has 1 N–H and O–H groups in total. The fraction of sp³-hybridized carbons (Fsp3) is 0.321. The molecule has 0 amide bonds. The second kappa shape index (κ2) is 9.18. The molecule has 1 heterocycles. The Morgan fingerprint density at radius 2 is 1.97 bits per heavy atom. The quantitative estimate of drug-likeness (QED) is 0.383. The number of carbonyl (C=O) groups excluding carboxylic acids is 1. The highest BCUT2D eigenvalue weighted by Crippen LogP contribution is 2.51. The summed E-state index contributed by atoms with van der Waals surface area (Å²) in [4.78, 5) is 32.1. The number of allylic oxidation sites excluding steroid dienone is 3. The van der Waals surface area contributed by atoms with E-state index in [1.807, 2.05) is 50.4 Å². The summed E-state index contributed by atoms with van der Waals surface area (Å²) < 4.78 is 5.23. The van der Waals surface area contributed by atoms with Gasteiger partial charge in [0.25, 0.3) is 0 Å². The molecule has 2 aliphatic rings. The number of hydrogen-bond donors (Lipinski definition) is 1. The molecule has 2 atom stereocenters. The molecular weight excluding hydrogens is 412 g/mol. The Hall–Kier alpha value is -3.47. The maximum atomic E-state index is 12.0. The van der Waals surface area contributed by atoms with Crippen molar-refractivity contribution in [2.24, 2.45) is 10.9 Å². The third-order valence-corrected chi connectivity index (χ3v) is 6.24. The first-order valence-electron chi connectivity index (χ1n) is 11.4. The lowest BCUT2D eigenvalue weighted by Gasteiger charge is -2.45. The van der Waals surface area contributed by atoms with Crippen LogP contribution in [-0.4, -0.2) is 23.3 Å². The fourth-order valence-electron chi connectivity index (χ4n) is 4.99. The predicted molar refractivity (Wildman–Crippen MR) is 133 cm³/mol. The summed E-state index contributed by atoms with van der Waals surface area (Å²) in [6.07, 6.45) is 11.7. The molecule has 1 aromatic heterocycles. The minimum atomic E-state index is -0.495. The number of aliphatic imine (C=N–C) groups is 1. The Bertz CT molecular complexity index is 1230. The van der Waals surface area contributed by atoms with Crippen molar-refractivity contribution < 1.29 is 9.53 Å². The number of rotatable bonds is 5. The lowest BCUT2D eigenvalue weighted by atomic mass is 9.63. The molecule has 2 bridgehead atoms. The summed E-state index contributed by atoms with van der Waals surface area (Å²) in [6, 6.07) is 10.8. The lowest BCUT2D eigenvalue weighted by molar-refractivity contribution is 0.0378. The normalized spacial score (nSPS) is 23.2. The number of nitrogens with one attached hydrogen (secondary N) is 1. The largest absolute Gasteiger partial charge is 0.459 e. The molecule has 2 aromatic rings. The second-order valence-electron chi connectivity index (χ2n) is 9.03. The smallest absolute Gasteiger partial charge is 0.338 e. The third-order valence-electron chi connectivity index (χ3n) is 6.24. The predicted octanol–water partition coefficient (Wildman–Crippen LogP) is 5.39. The van der Waals surface area contributed by atoms with E-state index in [0.29, 0.717) is 5.56 Å². The van der Waals surface area contributed by atoms with Crippen molar-refractivity contribution in [1.29, 1.82) is 0 Å². The topological polar surface area (TPSA) is 71.5 Å². The summed E-state index contributed by atoms with van der Waals surface area (Å²) in [5.41, 5.74) is 5.59. The van der Waals surface area contributed by atoms with Crippen LogP contribution in [0.4, 0.5) is 0 Å². The highest BCUT2D eigenvalue weighted by molar-refractivity contribution is 5.90. The number of aromatic amines is 1. The van der Waals surface area contributed by atoms with Crippen molar-refractivity contribution in [1.82, 2.24) is 4.98 Å². The maximum absolute atomic E-state index is 12.0. The van der Waals surface area contributed by atoms with Crippen LogP contribution in [0, 0.1) is 5.92 Å². The zero-order valence-electron chi connectivity index (χ0n) is 19.6. The van der Waals surface area contributed by atoms with Gasteiger partial charge in [0, 0.05) is 35.9 Å². The number of pyridine rings is 1. The average molecular weight is 443 g/mol. The van der Waals surface area contributed by atoms with Crippen LogP contribution >= 0.6 is 0 Å². The van der Waals surface area contributed by atoms with Crippen molar-refractivity contribution in [2.75, 3.05) is 0 Å². The van der Waals surface area contributed by atoms with Crippen LogP contribution in [-0.2, 0) is 16.7 Å². The van der Waals surface area contributed by atoms with Crippen LogP contribution in [0.1, 0.15) is 61.3 Å². The van der Waals surface area contributed by atoms with E-state index < -0.39 is 5.54 Å². The van der Waals surface area contributed by atoms with E-state index in [1.165, 1.54) is 11.1 Å². The van der Waals surface area contributed by atoms with Crippen LogP contribution in [0.25, 0.3) is 6.08 Å². The molecule has 0 saturated carbocycles. The molecule has 1 aromatic carbocycles. The molecule has 170 valence electrons. The van der Waals surface area contributed by atoms with Gasteiger partial charge in [-0.25, -0.2) is 4.79 Å². The molecule has 0 radical (unpaired) electrons. The van der Waals surface area contributed by atoms with Gasteiger partial charge in [0.2, 0.25) is 5.56 Å². The Morgan fingerprint density at radius 1 is 1.21 bits per heavy atom. The highest BCUT2D eigenvalue weighted by Gasteiger charge is 2.46. The number of ether oxygens (including phenoxy) is 1. The van der Waals surface area contributed by atoms with E-state index in [2.05, 4.69) is 31.0 Å². The molecule has 0 saturated heterocycles. The first kappa shape index (κ1) is 22.7. The molecule has 2 aliphatic carbocycles. The first-order chi connectivity index (χ1) is 15.8. The minimum Gasteiger partial charge on any atom is -0.459 e. The summed E-state index contributed by atoms with van der Waals surface area (Å²) in [7, 11) is 0. The molecule has 5 nitrogen and oxygen atoms in total. The van der Waals surface area contributed by atoms with Gasteiger partial charge in [0.05, 0.1) is 11.7 Å². The number of benzene rings is 1. The van der Waals surface area contributed by atoms with Crippen molar-refractivity contribution in [3.05, 3.63) is 98.5 Å². The summed E-state index contributed by atoms with van der Waals surface area (Å²) >= 11 is 0. The zero-order chi connectivity index (χ0) is 23.6. The van der Waals surface area contributed by atoms with E-state index in [9.17, 15) is 9.59 Å². The van der Waals surface area contributed by atoms with Gasteiger partial charge in [0.1, 0.15) is 5.54 Å². The molecule has 4 rings (SSSR count). The number of hydrogen-bond acceptors (Lipinski definition) is 4. The SMILES string of the molecule is C/C=C1\C2C=C(C)CC1(/N=C/C=C/c1ccc(C(=O)OC(C)C)cc1)c1ccc(=O)[nH]c1C2. The van der Waals surface area contributed by atoms with Crippen molar-refractivity contribution in [3.8, 4) is 0 Å². The Labute approximate surface area is 194 Å². The Kier molecular flexibility index (Phi) is 6.32. The van der Waals surface area contributed by atoms with E-state index in [1.54, 1.807) is 18.2 Å². The number of nitrogens with zero attached hydrogens (tertiary/aromatic N) is 1. The zero-order valence-corrected chi connectivity index (χ0v) is 19.6. The Morgan fingerprint density at radius 3 is 2.67 bits per heavy atom. The van der Waals surface area contributed by atoms with Gasteiger partial charge in [0.15, 0.2) is 0 Å². The lowest BCUT2D eigenvalue weighted by Crippen LogP contribution is -2.40. The number of fused-ring (bicyclic) bond motifs is 4. The first-order valence-corrected chi connectivity index (χ1v) is 11.4. The van der Waals surface area contributed by atoms with Gasteiger partial charge in [-0.1, -0.05) is 35.9 Å². The standard InChI is InChI=1S/C28H30N2O3/c1-5-23-22-15-19(4)17-28(23,24-12-13-26(31)30-25(24)16-22)29-14-6-7-20-8-10-21(11-9-20)27(32)33-18(2)3/h5-15,18,22H,16-17H2,1-4H3,(H,30,31)/b7-6+,23-5+,29-14+. The summed E-state index contributed by atoms with van der Waals surface area (Å²) in [5.74, 6) is -0.0714. The van der Waals surface area contributed by atoms with Crippen LogP contribution in [0.5, 0.6) is 0 Å². The average Bonchev–Trinajstić information content (AvgIpc) is 2.76. The van der Waals surface area contributed by atoms with Crippen LogP contribution in [0.15, 0.2) is 75.6 Å². The monoisotopic (exact) mass is 442 g/mol. The molecule has 0 fully saturated rings. The second-order valence-corrected chi connectivity index (χ2v) is 9.03. The van der Waals surface area contributed by atoms with E-state index in [-0.39, 0.29) is 23.6 Å². The minimum absolute atomic E-state index is 0.0730. The van der Waals surface area contributed by atoms with Crippen LogP contribution in [0.3, 0.4) is 0 Å². The molecule has 33 heavy (non-hydrogen) atoms. The third kappa shape index (κ3) is 4.54. The van der Waals surface area contributed by atoms with Gasteiger partial charge < -0.3 is 9.72 Å². The number of carbonyl (C=O) groups is 1. The van der Waals surface area contributed by atoms with Gasteiger partial charge >= 0.3 is 5.97 Å². The summed E-state index contributed by atoms with van der Waals surface area (Å²) in [5, 5.41) is 0. The molecule has 0 aliphatic heterocycles. The van der Waals surface area contributed by atoms with Crippen LogP contribution < -0.4 is 5.56 Å². The fourth-order valence-corrected chi connectivity index (χ4v) is 4.99. The van der Waals surface area contributed by atoms with Gasteiger partial charge in [-0.15, -0.1) is 0 Å². The van der Waals surface area contributed by atoms with Crippen molar-refractivity contribution in [2.45, 2.75) is 52.2 Å². The van der Waals surface area contributed by atoms with E-state index in [4.69, 9.17) is 9.73 Å². The van der Waals surface area contributed by atoms with Gasteiger partial charge in [-0.2, -0.15) is 0 Å². The van der Waals surface area contributed by atoms with E-state index in [0.717, 1.165) is 29.7 Å². The van der Waals surface area contributed by atoms with Crippen LogP contribution in [0.2, 0.25) is 0 Å². The Balaban J connectivity index is 1.61.